The molecule has 0 unspecified atom stereocenters. The van der Waals surface area contributed by atoms with Crippen LogP contribution >= 0.6 is 0 Å². The van der Waals surface area contributed by atoms with Crippen LogP contribution in [0.3, 0.4) is 0 Å². The Bertz CT molecular complexity index is 1230. The van der Waals surface area contributed by atoms with E-state index in [2.05, 4.69) is 34.4 Å². The minimum Gasteiger partial charge on any atom is -0.444 e. The average molecular weight is 611 g/mol. The average Bonchev–Trinajstić information content (AvgIpc) is 3.25. The second kappa shape index (κ2) is 16.2. The third kappa shape index (κ3) is 11.9. The second-order valence-corrected chi connectivity index (χ2v) is 11.7. The number of aliphatic hydroxyl groups is 1. The van der Waals surface area contributed by atoms with Crippen molar-refractivity contribution in [1.29, 1.82) is 0 Å². The normalized spacial score (nSPS) is 17.9. The number of carbonyl (C=O) groups is 1. The number of likely N-dealkylation sites (tertiary alicyclic amines) is 1. The van der Waals surface area contributed by atoms with Gasteiger partial charge in [-0.2, -0.15) is 13.2 Å². The molecule has 0 bridgehead atoms. The molecule has 0 saturated carbocycles. The Kier molecular flexibility index (Phi) is 13.0. The predicted octanol–water partition coefficient (Wildman–Crippen LogP) is 4.62. The number of aromatic nitrogens is 1. The van der Waals surface area contributed by atoms with Gasteiger partial charge in [0.1, 0.15) is 12.1 Å². The van der Waals surface area contributed by atoms with Crippen LogP contribution in [0.5, 0.6) is 0 Å². The molecule has 1 aliphatic heterocycles. The van der Waals surface area contributed by atoms with E-state index >= 15 is 0 Å². The molecule has 3 N–H and O–H groups in total. The Balaban J connectivity index is 1.74. The number of alkyl halides is 3. The highest BCUT2D eigenvalue weighted by molar-refractivity contribution is 5.94. The lowest BCUT2D eigenvalue weighted by molar-refractivity contribution is -0.140. The van der Waals surface area contributed by atoms with Crippen molar-refractivity contribution in [3.05, 3.63) is 30.0 Å². The Labute approximate surface area is 252 Å². The van der Waals surface area contributed by atoms with E-state index in [1.165, 1.54) is 4.57 Å². The highest BCUT2D eigenvalue weighted by atomic mass is 19.4. The first-order chi connectivity index (χ1) is 20.4. The molecule has 0 spiro atoms. The molecule has 0 radical (unpaired) electrons. The third-order valence-electron chi connectivity index (χ3n) is 6.94. The molecular weight excluding hydrogens is 565 g/mol. The predicted molar refractivity (Wildman–Crippen MR) is 160 cm³/mol. The SMILES string of the molecule is CN1CC[C@H](Nc2cccc3c2cc(C#CCCNC(=O)OC(C)(C)C)n3CC(F)(F)F)[C@@H](CCOCCOCCO)C1. The van der Waals surface area contributed by atoms with Crippen molar-refractivity contribution in [2.45, 2.75) is 64.4 Å². The standard InChI is InChI=1S/C31H45F3N4O5/c1-30(2,3)43-29(40)35-13-6-5-8-24-20-25-27(9-7-10-28(25)38(24)22-31(32,33)34)36-26-11-14-37(4)21-23(26)12-16-41-18-19-42-17-15-39/h7,9-10,20,23,26,36,39H,6,11-19,21-22H2,1-4H3,(H,35,40)/t23-,26-/m0/s1. The molecule has 2 atom stereocenters. The van der Waals surface area contributed by atoms with Gasteiger partial charge in [0.25, 0.3) is 0 Å². The van der Waals surface area contributed by atoms with Gasteiger partial charge in [-0.3, -0.25) is 0 Å². The van der Waals surface area contributed by atoms with Crippen LogP contribution in [0.15, 0.2) is 24.3 Å². The molecule has 1 fully saturated rings. The first-order valence-corrected chi connectivity index (χ1v) is 14.7. The highest BCUT2D eigenvalue weighted by Crippen LogP contribution is 2.32. The quantitative estimate of drug-likeness (QED) is 0.225. The Hall–Kier alpha value is -2.98. The van der Waals surface area contributed by atoms with E-state index in [1.807, 2.05) is 6.07 Å². The second-order valence-electron chi connectivity index (χ2n) is 11.7. The van der Waals surface area contributed by atoms with Crippen LogP contribution in [-0.2, 0) is 20.8 Å². The molecule has 1 aromatic carbocycles. The number of piperidine rings is 1. The molecule has 3 rings (SSSR count). The van der Waals surface area contributed by atoms with Crippen LogP contribution in [-0.4, -0.2) is 98.2 Å². The summed E-state index contributed by atoms with van der Waals surface area (Å²) in [6.07, 6.45) is -3.03. The van der Waals surface area contributed by atoms with Crippen LogP contribution in [0.4, 0.5) is 23.7 Å². The summed E-state index contributed by atoms with van der Waals surface area (Å²) < 4.78 is 58.2. The van der Waals surface area contributed by atoms with Gasteiger partial charge in [0, 0.05) is 43.2 Å². The number of hydrogen-bond acceptors (Lipinski definition) is 7. The van der Waals surface area contributed by atoms with Gasteiger partial charge in [-0.05, 0) is 77.2 Å². The van der Waals surface area contributed by atoms with Crippen LogP contribution in [0.2, 0.25) is 0 Å². The van der Waals surface area contributed by atoms with E-state index in [4.69, 9.17) is 19.3 Å². The number of ether oxygens (including phenoxy) is 3. The van der Waals surface area contributed by atoms with Crippen molar-refractivity contribution in [1.82, 2.24) is 14.8 Å². The number of nitrogens with zero attached hydrogens (tertiary/aromatic N) is 2. The number of benzene rings is 1. The van der Waals surface area contributed by atoms with Gasteiger partial charge in [0.15, 0.2) is 0 Å². The van der Waals surface area contributed by atoms with E-state index < -0.39 is 24.4 Å². The third-order valence-corrected chi connectivity index (χ3v) is 6.94. The number of amides is 1. The summed E-state index contributed by atoms with van der Waals surface area (Å²) in [5.41, 5.74) is 0.855. The van der Waals surface area contributed by atoms with Crippen LogP contribution in [0.25, 0.3) is 10.9 Å². The highest BCUT2D eigenvalue weighted by Gasteiger charge is 2.31. The van der Waals surface area contributed by atoms with Gasteiger partial charge in [-0.15, -0.1) is 0 Å². The van der Waals surface area contributed by atoms with Crippen molar-refractivity contribution >= 4 is 22.7 Å². The van der Waals surface area contributed by atoms with E-state index in [0.29, 0.717) is 30.7 Å². The van der Waals surface area contributed by atoms with Crippen molar-refractivity contribution in [3.63, 3.8) is 0 Å². The summed E-state index contributed by atoms with van der Waals surface area (Å²) >= 11 is 0. The lowest BCUT2D eigenvalue weighted by atomic mass is 9.89. The number of aliphatic hydroxyl groups excluding tert-OH is 1. The molecule has 0 aliphatic carbocycles. The van der Waals surface area contributed by atoms with E-state index in [9.17, 15) is 18.0 Å². The minimum absolute atomic E-state index is 0.0184. The number of hydrogen-bond donors (Lipinski definition) is 3. The topological polar surface area (TPSA) is 97.2 Å². The van der Waals surface area contributed by atoms with Crippen molar-refractivity contribution < 1.29 is 37.3 Å². The summed E-state index contributed by atoms with van der Waals surface area (Å²) in [6, 6.07) is 7.17. The molecule has 1 saturated heterocycles. The monoisotopic (exact) mass is 610 g/mol. The lowest BCUT2D eigenvalue weighted by Crippen LogP contribution is -2.45. The summed E-state index contributed by atoms with van der Waals surface area (Å²) in [5.74, 6) is 6.06. The van der Waals surface area contributed by atoms with E-state index in [1.54, 1.807) is 39.0 Å². The first kappa shape index (κ1) is 34.5. The number of halogens is 3. The molecular formula is C31H45F3N4O5. The summed E-state index contributed by atoms with van der Waals surface area (Å²) in [7, 11) is 2.08. The fraction of sp³-hybridized carbons (Fsp3) is 0.645. The van der Waals surface area contributed by atoms with E-state index in [0.717, 1.165) is 31.6 Å². The first-order valence-electron chi connectivity index (χ1n) is 14.7. The number of fused-ring (bicyclic) bond motifs is 1. The summed E-state index contributed by atoms with van der Waals surface area (Å²) in [5, 5.41) is 15.7. The van der Waals surface area contributed by atoms with Gasteiger partial charge < -0.3 is 39.4 Å². The lowest BCUT2D eigenvalue weighted by Gasteiger charge is -2.38. The van der Waals surface area contributed by atoms with Gasteiger partial charge in [-0.1, -0.05) is 12.0 Å². The fourth-order valence-electron chi connectivity index (χ4n) is 5.08. The molecule has 240 valence electrons. The summed E-state index contributed by atoms with van der Waals surface area (Å²) in [4.78, 5) is 14.1. The van der Waals surface area contributed by atoms with Crippen LogP contribution in [0, 0.1) is 17.8 Å². The zero-order valence-electron chi connectivity index (χ0n) is 25.6. The molecule has 1 aliphatic rings. The largest absolute Gasteiger partial charge is 0.444 e. The Morgan fingerprint density at radius 2 is 1.88 bits per heavy atom. The zero-order chi connectivity index (χ0) is 31.5. The van der Waals surface area contributed by atoms with Crippen molar-refractivity contribution in [2.75, 3.05) is 65.0 Å². The Morgan fingerprint density at radius 3 is 2.58 bits per heavy atom. The van der Waals surface area contributed by atoms with Gasteiger partial charge >= 0.3 is 12.3 Å². The van der Waals surface area contributed by atoms with Crippen molar-refractivity contribution in [3.8, 4) is 11.8 Å². The van der Waals surface area contributed by atoms with Gasteiger partial charge in [0.2, 0.25) is 0 Å². The molecule has 43 heavy (non-hydrogen) atoms. The maximum absolute atomic E-state index is 13.6. The molecule has 2 aromatic rings. The molecule has 9 nitrogen and oxygen atoms in total. The number of carbonyl (C=O) groups excluding carboxylic acids is 1. The van der Waals surface area contributed by atoms with Crippen LogP contribution < -0.4 is 10.6 Å². The van der Waals surface area contributed by atoms with Gasteiger partial charge in [-0.25, -0.2) is 4.79 Å². The summed E-state index contributed by atoms with van der Waals surface area (Å²) in [6.45, 7) is 7.83. The fourth-order valence-corrected chi connectivity index (χ4v) is 5.08. The van der Waals surface area contributed by atoms with E-state index in [-0.39, 0.29) is 43.8 Å². The maximum atomic E-state index is 13.6. The zero-order valence-corrected chi connectivity index (χ0v) is 25.6. The molecule has 1 amide bonds. The van der Waals surface area contributed by atoms with Crippen LogP contribution in [0.1, 0.15) is 45.7 Å². The molecule has 1 aromatic heterocycles. The number of rotatable bonds is 13. The number of alkyl carbamates (subject to hydrolysis) is 1. The molecule has 12 heteroatoms. The number of nitrogens with one attached hydrogen (secondary N) is 2. The van der Waals surface area contributed by atoms with Gasteiger partial charge in [0.05, 0.1) is 37.6 Å². The molecule has 2 heterocycles. The van der Waals surface area contributed by atoms with Crippen molar-refractivity contribution in [2.24, 2.45) is 5.92 Å². The smallest absolute Gasteiger partial charge is 0.407 e. The maximum Gasteiger partial charge on any atom is 0.407 e. The Morgan fingerprint density at radius 1 is 1.14 bits per heavy atom. The number of anilines is 1. The minimum atomic E-state index is -4.42.